The van der Waals surface area contributed by atoms with E-state index < -0.39 is 17.5 Å². The quantitative estimate of drug-likeness (QED) is 0.640. The number of nitrogens with one attached hydrogen (secondary N) is 3. The number of amides is 2. The molecule has 1 aliphatic heterocycles. The van der Waals surface area contributed by atoms with Crippen LogP contribution < -0.4 is 20.9 Å². The van der Waals surface area contributed by atoms with E-state index in [2.05, 4.69) is 25.9 Å². The molecule has 31 heavy (non-hydrogen) atoms. The van der Waals surface area contributed by atoms with Crippen molar-refractivity contribution in [3.8, 4) is 0 Å². The molecule has 3 N–H and O–H groups in total. The van der Waals surface area contributed by atoms with Crippen molar-refractivity contribution >= 4 is 35.0 Å². The molecule has 2 aromatic rings. The molecule has 164 valence electrons. The molecule has 1 saturated carbocycles. The van der Waals surface area contributed by atoms with Crippen LogP contribution in [0, 0.1) is 30.3 Å². The van der Waals surface area contributed by atoms with Crippen molar-refractivity contribution in [2.24, 2.45) is 5.92 Å². The van der Waals surface area contributed by atoms with Crippen molar-refractivity contribution < 1.29 is 22.8 Å². The molecule has 2 atom stereocenters. The van der Waals surface area contributed by atoms with Crippen LogP contribution in [-0.2, 0) is 9.59 Å². The molecule has 2 heterocycles. The number of hydrogen-bond acceptors (Lipinski definition) is 6. The van der Waals surface area contributed by atoms with E-state index in [0.717, 1.165) is 12.1 Å². The number of halogens is 3. The van der Waals surface area contributed by atoms with Gasteiger partial charge < -0.3 is 20.9 Å². The number of carbonyl (C=O) groups excluding carboxylic acids is 2. The molecule has 1 fully saturated rings. The van der Waals surface area contributed by atoms with Gasteiger partial charge in [-0.05, 0) is 26.2 Å². The molecule has 1 aromatic carbocycles. The van der Waals surface area contributed by atoms with Crippen LogP contribution >= 0.6 is 0 Å². The third-order valence-electron chi connectivity index (χ3n) is 5.47. The maximum atomic E-state index is 13.4. The fourth-order valence-electron chi connectivity index (χ4n) is 3.92. The Hall–Kier alpha value is -3.37. The highest BCUT2D eigenvalue weighted by Gasteiger charge is 2.31. The Morgan fingerprint density at radius 1 is 1.19 bits per heavy atom. The SMILES string of the molecule is Cc1nc(N[C@@H]2CC[C@@H](C(=O)Nc3cc(F)c(F)c(F)c3)C2)nc2c1NC(=O)CN2C. The summed E-state index contributed by atoms with van der Waals surface area (Å²) in [6.45, 7) is 1.97. The van der Waals surface area contributed by atoms with E-state index in [1.165, 1.54) is 0 Å². The largest absolute Gasteiger partial charge is 0.351 e. The second-order valence-corrected chi connectivity index (χ2v) is 7.83. The minimum Gasteiger partial charge on any atom is -0.351 e. The van der Waals surface area contributed by atoms with Crippen LogP contribution in [0.15, 0.2) is 12.1 Å². The summed E-state index contributed by atoms with van der Waals surface area (Å²) in [6.07, 6.45) is 1.72. The number of rotatable bonds is 4. The van der Waals surface area contributed by atoms with Crippen LogP contribution in [-0.4, -0.2) is 41.4 Å². The number of fused-ring (bicyclic) bond motifs is 1. The molecule has 1 aliphatic carbocycles. The minimum atomic E-state index is -1.58. The van der Waals surface area contributed by atoms with Crippen molar-refractivity contribution in [1.82, 2.24) is 9.97 Å². The van der Waals surface area contributed by atoms with Crippen LogP contribution in [0.3, 0.4) is 0 Å². The first-order valence-electron chi connectivity index (χ1n) is 9.83. The maximum Gasteiger partial charge on any atom is 0.244 e. The van der Waals surface area contributed by atoms with Gasteiger partial charge in [-0.2, -0.15) is 4.98 Å². The highest BCUT2D eigenvalue weighted by molar-refractivity contribution is 6.00. The number of aryl methyl sites for hydroxylation is 1. The molecule has 0 saturated heterocycles. The number of benzene rings is 1. The Bertz CT molecular complexity index is 1040. The van der Waals surface area contributed by atoms with Gasteiger partial charge in [0.2, 0.25) is 17.8 Å². The van der Waals surface area contributed by atoms with Crippen LogP contribution in [0.4, 0.5) is 36.3 Å². The molecule has 0 bridgehead atoms. The van der Waals surface area contributed by atoms with Gasteiger partial charge in [0.1, 0.15) is 5.69 Å². The molecule has 1 aromatic heterocycles. The number of nitrogens with zero attached hydrogens (tertiary/aromatic N) is 3. The van der Waals surface area contributed by atoms with Crippen molar-refractivity contribution in [2.75, 3.05) is 34.4 Å². The highest BCUT2D eigenvalue weighted by atomic mass is 19.2. The lowest BCUT2D eigenvalue weighted by Crippen LogP contribution is -2.37. The molecule has 2 amide bonds. The molecule has 2 aliphatic rings. The third-order valence-corrected chi connectivity index (χ3v) is 5.47. The molecule has 11 heteroatoms. The Kier molecular flexibility index (Phi) is 5.42. The summed E-state index contributed by atoms with van der Waals surface area (Å²) in [4.78, 5) is 34.8. The van der Waals surface area contributed by atoms with Crippen LogP contribution in [0.1, 0.15) is 25.0 Å². The number of hydrogen-bond donors (Lipinski definition) is 3. The fourth-order valence-corrected chi connectivity index (χ4v) is 3.92. The Morgan fingerprint density at radius 2 is 1.90 bits per heavy atom. The second-order valence-electron chi connectivity index (χ2n) is 7.83. The first kappa shape index (κ1) is 20.9. The summed E-state index contributed by atoms with van der Waals surface area (Å²) < 4.78 is 39.8. The van der Waals surface area contributed by atoms with Crippen molar-refractivity contribution in [3.05, 3.63) is 35.3 Å². The van der Waals surface area contributed by atoms with Crippen molar-refractivity contribution in [3.63, 3.8) is 0 Å². The zero-order valence-corrected chi connectivity index (χ0v) is 16.9. The zero-order valence-electron chi connectivity index (χ0n) is 16.9. The van der Waals surface area contributed by atoms with Gasteiger partial charge in [-0.15, -0.1) is 0 Å². The molecule has 4 rings (SSSR count). The number of likely N-dealkylation sites (N-methyl/N-ethyl adjacent to an activating group) is 1. The van der Waals surface area contributed by atoms with Gasteiger partial charge in [0.15, 0.2) is 23.3 Å². The van der Waals surface area contributed by atoms with E-state index in [-0.39, 0.29) is 36.0 Å². The van der Waals surface area contributed by atoms with Gasteiger partial charge >= 0.3 is 0 Å². The van der Waals surface area contributed by atoms with E-state index in [9.17, 15) is 22.8 Å². The minimum absolute atomic E-state index is 0.0709. The normalized spacial score (nSPS) is 20.3. The first-order valence-corrected chi connectivity index (χ1v) is 9.83. The van der Waals surface area contributed by atoms with Gasteiger partial charge in [0.05, 0.1) is 12.2 Å². The molecule has 8 nitrogen and oxygen atoms in total. The Labute approximate surface area is 176 Å². The summed E-state index contributed by atoms with van der Waals surface area (Å²) in [5.74, 6) is -4.18. The fraction of sp³-hybridized carbons (Fsp3) is 0.400. The molecule has 0 spiro atoms. The standard InChI is InChI=1S/C20H21F3N6O2/c1-9-17-18(29(2)8-15(30)27-17)28-20(24-9)26-11-4-3-10(5-11)19(31)25-12-6-13(21)16(23)14(22)7-12/h6-7,10-11H,3-5,8H2,1-2H3,(H,25,31)(H,27,30)(H,24,26,28)/t10-,11-/m1/s1. The van der Waals surface area contributed by atoms with Crippen LogP contribution in [0.25, 0.3) is 0 Å². The summed E-state index contributed by atoms with van der Waals surface area (Å²) in [5, 5.41) is 8.45. The lowest BCUT2D eigenvalue weighted by atomic mass is 10.1. The van der Waals surface area contributed by atoms with Gasteiger partial charge in [0, 0.05) is 36.8 Å². The van der Waals surface area contributed by atoms with Crippen molar-refractivity contribution in [2.45, 2.75) is 32.2 Å². The average molecular weight is 434 g/mol. The summed E-state index contributed by atoms with van der Waals surface area (Å²) >= 11 is 0. The van der Waals surface area contributed by atoms with Crippen LogP contribution in [0.2, 0.25) is 0 Å². The highest BCUT2D eigenvalue weighted by Crippen LogP contribution is 2.32. The monoisotopic (exact) mass is 434 g/mol. The van der Waals surface area contributed by atoms with E-state index >= 15 is 0 Å². The van der Waals surface area contributed by atoms with Gasteiger partial charge in [-0.3, -0.25) is 9.59 Å². The number of carbonyl (C=O) groups is 2. The topological polar surface area (TPSA) is 99.2 Å². The van der Waals surface area contributed by atoms with Crippen LogP contribution in [0.5, 0.6) is 0 Å². The summed E-state index contributed by atoms with van der Waals surface area (Å²) in [6, 6.07) is 1.43. The Morgan fingerprint density at radius 3 is 2.61 bits per heavy atom. The lowest BCUT2D eigenvalue weighted by Gasteiger charge is -2.27. The molecule has 0 radical (unpaired) electrons. The predicted octanol–water partition coefficient (Wildman–Crippen LogP) is 2.81. The zero-order chi connectivity index (χ0) is 22.3. The third kappa shape index (κ3) is 4.25. The summed E-state index contributed by atoms with van der Waals surface area (Å²) in [7, 11) is 1.77. The van der Waals surface area contributed by atoms with E-state index in [4.69, 9.17) is 0 Å². The maximum absolute atomic E-state index is 13.4. The second kappa shape index (κ2) is 8.05. The predicted molar refractivity (Wildman–Crippen MR) is 108 cm³/mol. The average Bonchev–Trinajstić information content (AvgIpc) is 3.16. The number of anilines is 4. The smallest absolute Gasteiger partial charge is 0.244 e. The van der Waals surface area contributed by atoms with Gasteiger partial charge in [0.25, 0.3) is 0 Å². The van der Waals surface area contributed by atoms with Gasteiger partial charge in [-0.25, -0.2) is 18.2 Å². The molecular weight excluding hydrogens is 413 g/mol. The van der Waals surface area contributed by atoms with E-state index in [1.54, 1.807) is 18.9 Å². The molecular formula is C20H21F3N6O2. The first-order chi connectivity index (χ1) is 14.7. The number of aromatic nitrogens is 2. The van der Waals surface area contributed by atoms with E-state index in [1.807, 2.05) is 0 Å². The lowest BCUT2D eigenvalue weighted by molar-refractivity contribution is -0.119. The van der Waals surface area contributed by atoms with Crippen molar-refractivity contribution in [1.29, 1.82) is 0 Å². The molecule has 0 unspecified atom stereocenters. The Balaban J connectivity index is 1.40. The van der Waals surface area contributed by atoms with Gasteiger partial charge in [-0.1, -0.05) is 0 Å². The summed E-state index contributed by atoms with van der Waals surface area (Å²) in [5.41, 5.74) is 1.07. The van der Waals surface area contributed by atoms with E-state index in [0.29, 0.717) is 42.4 Å².